The third-order valence-electron chi connectivity index (χ3n) is 3.52. The zero-order valence-electron chi connectivity index (χ0n) is 14.4. The van der Waals surface area contributed by atoms with E-state index in [1.54, 1.807) is 18.2 Å². The third kappa shape index (κ3) is 5.27. The number of aromatic nitrogens is 2. The molecule has 1 amide bonds. The largest absolute Gasteiger partial charge is 0.461 e. The Morgan fingerprint density at radius 2 is 2.15 bits per heavy atom. The lowest BCUT2D eigenvalue weighted by Gasteiger charge is -2.08. The van der Waals surface area contributed by atoms with Crippen LogP contribution in [0.3, 0.4) is 0 Å². The number of aryl methyl sites for hydroxylation is 2. The molecule has 0 saturated carbocycles. The quantitative estimate of drug-likeness (QED) is 0.567. The van der Waals surface area contributed by atoms with Crippen LogP contribution in [0.5, 0.6) is 0 Å². The highest BCUT2D eigenvalue weighted by atomic mass is 79.9. The molecule has 9 heteroatoms. The van der Waals surface area contributed by atoms with E-state index in [1.807, 2.05) is 19.1 Å². The maximum atomic E-state index is 11.9. The second-order valence-electron chi connectivity index (χ2n) is 5.68. The van der Waals surface area contributed by atoms with Crippen molar-refractivity contribution in [3.63, 3.8) is 0 Å². The van der Waals surface area contributed by atoms with E-state index in [0.717, 1.165) is 10.0 Å². The molecule has 0 spiro atoms. The molecule has 27 heavy (non-hydrogen) atoms. The van der Waals surface area contributed by atoms with Crippen molar-refractivity contribution in [3.8, 4) is 11.6 Å². The van der Waals surface area contributed by atoms with Crippen LogP contribution in [-0.4, -0.2) is 28.6 Å². The summed E-state index contributed by atoms with van der Waals surface area (Å²) in [5.74, 6) is 0.112. The van der Waals surface area contributed by atoms with Gasteiger partial charge in [0.2, 0.25) is 11.7 Å². The van der Waals surface area contributed by atoms with Crippen LogP contribution in [0.25, 0.3) is 11.6 Å². The number of nitrogens with one attached hydrogen (secondary N) is 1. The van der Waals surface area contributed by atoms with Crippen molar-refractivity contribution in [2.75, 3.05) is 11.9 Å². The average molecular weight is 434 g/mol. The van der Waals surface area contributed by atoms with Crippen molar-refractivity contribution in [2.45, 2.75) is 19.8 Å². The fourth-order valence-electron chi connectivity index (χ4n) is 2.20. The van der Waals surface area contributed by atoms with Gasteiger partial charge < -0.3 is 19.0 Å². The molecule has 3 aromatic rings. The van der Waals surface area contributed by atoms with Crippen LogP contribution < -0.4 is 5.32 Å². The van der Waals surface area contributed by atoms with E-state index >= 15 is 0 Å². The minimum Gasteiger partial charge on any atom is -0.461 e. The Labute approximate surface area is 163 Å². The van der Waals surface area contributed by atoms with Gasteiger partial charge in [-0.2, -0.15) is 4.98 Å². The Kier molecular flexibility index (Phi) is 6.02. The lowest BCUT2D eigenvalue weighted by molar-refractivity contribution is -0.147. The highest BCUT2D eigenvalue weighted by Gasteiger charge is 2.14. The molecular formula is C18H16BrN3O5. The molecule has 0 fully saturated rings. The Morgan fingerprint density at radius 3 is 2.89 bits per heavy atom. The first kappa shape index (κ1) is 18.8. The lowest BCUT2D eigenvalue weighted by atomic mass is 10.2. The molecule has 8 nitrogen and oxygen atoms in total. The van der Waals surface area contributed by atoms with E-state index in [2.05, 4.69) is 31.4 Å². The summed E-state index contributed by atoms with van der Waals surface area (Å²) >= 11 is 3.37. The first-order valence-electron chi connectivity index (χ1n) is 8.09. The van der Waals surface area contributed by atoms with Gasteiger partial charge in [0.1, 0.15) is 0 Å². The molecule has 2 aromatic heterocycles. The Balaban J connectivity index is 1.42. The molecule has 0 aliphatic heterocycles. The van der Waals surface area contributed by atoms with Crippen LogP contribution in [0.15, 0.2) is 50.0 Å². The predicted octanol–water partition coefficient (Wildman–Crippen LogP) is 3.52. The first-order valence-corrected chi connectivity index (χ1v) is 8.88. The van der Waals surface area contributed by atoms with Gasteiger partial charge in [0, 0.05) is 10.9 Å². The SMILES string of the molecule is Cc1ccc(NC(=O)COC(=O)CCc2nc(-c3ccco3)no2)c(Br)c1. The molecule has 3 rings (SSSR count). The third-order valence-corrected chi connectivity index (χ3v) is 4.17. The van der Waals surface area contributed by atoms with Gasteiger partial charge in [0.15, 0.2) is 12.4 Å². The van der Waals surface area contributed by atoms with Gasteiger partial charge in [-0.15, -0.1) is 0 Å². The molecule has 1 N–H and O–H groups in total. The van der Waals surface area contributed by atoms with Crippen LogP contribution in [0.4, 0.5) is 5.69 Å². The van der Waals surface area contributed by atoms with E-state index in [4.69, 9.17) is 13.7 Å². The van der Waals surface area contributed by atoms with Gasteiger partial charge in [-0.1, -0.05) is 11.2 Å². The zero-order valence-corrected chi connectivity index (χ0v) is 16.0. The monoisotopic (exact) mass is 433 g/mol. The summed E-state index contributed by atoms with van der Waals surface area (Å²) in [4.78, 5) is 27.8. The first-order chi connectivity index (χ1) is 13.0. The van der Waals surface area contributed by atoms with Crippen LogP contribution in [0.1, 0.15) is 17.9 Å². The molecule has 0 aliphatic carbocycles. The predicted molar refractivity (Wildman–Crippen MR) is 98.8 cm³/mol. The number of amides is 1. The van der Waals surface area contributed by atoms with Crippen molar-refractivity contribution < 1.29 is 23.3 Å². The van der Waals surface area contributed by atoms with Gasteiger partial charge in [-0.25, -0.2) is 0 Å². The minimum atomic E-state index is -0.536. The van der Waals surface area contributed by atoms with Crippen molar-refractivity contribution in [3.05, 3.63) is 52.5 Å². The highest BCUT2D eigenvalue weighted by Crippen LogP contribution is 2.23. The molecule has 0 bridgehead atoms. The Hall–Kier alpha value is -2.94. The van der Waals surface area contributed by atoms with Crippen molar-refractivity contribution in [2.24, 2.45) is 0 Å². The summed E-state index contributed by atoms with van der Waals surface area (Å²) in [5.41, 5.74) is 1.67. The highest BCUT2D eigenvalue weighted by molar-refractivity contribution is 9.10. The van der Waals surface area contributed by atoms with Gasteiger partial charge in [-0.3, -0.25) is 9.59 Å². The van der Waals surface area contributed by atoms with Crippen molar-refractivity contribution in [1.82, 2.24) is 10.1 Å². The summed E-state index contributed by atoms with van der Waals surface area (Å²) in [5, 5.41) is 6.44. The summed E-state index contributed by atoms with van der Waals surface area (Å²) in [6, 6.07) is 8.93. The number of esters is 1. The average Bonchev–Trinajstić information content (AvgIpc) is 3.32. The molecule has 140 valence electrons. The maximum Gasteiger partial charge on any atom is 0.306 e. The molecular weight excluding hydrogens is 418 g/mol. The zero-order chi connectivity index (χ0) is 19.2. The van der Waals surface area contributed by atoms with E-state index in [-0.39, 0.29) is 25.3 Å². The minimum absolute atomic E-state index is 0.0152. The topological polar surface area (TPSA) is 107 Å². The number of carbonyl (C=O) groups is 2. The van der Waals surface area contributed by atoms with Crippen LogP contribution in [0.2, 0.25) is 0 Å². The standard InChI is InChI=1S/C18H16BrN3O5/c1-11-4-5-13(12(19)9-11)20-15(23)10-26-17(24)7-6-16-21-18(22-27-16)14-3-2-8-25-14/h2-5,8-9H,6-7,10H2,1H3,(H,20,23). The number of hydrogen-bond donors (Lipinski definition) is 1. The summed E-state index contributed by atoms with van der Waals surface area (Å²) in [7, 11) is 0. The van der Waals surface area contributed by atoms with Gasteiger partial charge >= 0.3 is 5.97 Å². The molecule has 2 heterocycles. The summed E-state index contributed by atoms with van der Waals surface area (Å²) in [6.07, 6.45) is 1.72. The summed E-state index contributed by atoms with van der Waals surface area (Å²) < 4.78 is 15.9. The van der Waals surface area contributed by atoms with Crippen LogP contribution >= 0.6 is 15.9 Å². The van der Waals surface area contributed by atoms with E-state index in [9.17, 15) is 9.59 Å². The lowest BCUT2D eigenvalue weighted by Crippen LogP contribution is -2.21. The van der Waals surface area contributed by atoms with Gasteiger partial charge in [0.25, 0.3) is 5.91 Å². The molecule has 1 aromatic carbocycles. The van der Waals surface area contributed by atoms with Crippen molar-refractivity contribution >= 4 is 33.5 Å². The molecule has 0 atom stereocenters. The number of rotatable bonds is 7. The molecule has 0 saturated heterocycles. The van der Waals surface area contributed by atoms with Gasteiger partial charge in [0.05, 0.1) is 18.4 Å². The summed E-state index contributed by atoms with van der Waals surface area (Å²) in [6.45, 7) is 1.57. The van der Waals surface area contributed by atoms with Gasteiger partial charge in [-0.05, 0) is 52.7 Å². The molecule has 0 aliphatic rings. The second-order valence-corrected chi connectivity index (χ2v) is 6.54. The van der Waals surface area contributed by atoms with Crippen molar-refractivity contribution in [1.29, 1.82) is 0 Å². The number of anilines is 1. The normalized spacial score (nSPS) is 10.6. The van der Waals surface area contributed by atoms with E-state index in [1.165, 1.54) is 6.26 Å². The van der Waals surface area contributed by atoms with E-state index < -0.39 is 11.9 Å². The van der Waals surface area contributed by atoms with E-state index in [0.29, 0.717) is 17.3 Å². The number of benzene rings is 1. The number of nitrogens with zero attached hydrogens (tertiary/aromatic N) is 2. The molecule has 0 unspecified atom stereocenters. The Morgan fingerprint density at radius 1 is 1.30 bits per heavy atom. The number of ether oxygens (including phenoxy) is 1. The Bertz CT molecular complexity index is 936. The fraction of sp³-hybridized carbons (Fsp3) is 0.222. The fourth-order valence-corrected chi connectivity index (χ4v) is 2.79. The van der Waals surface area contributed by atoms with Crippen LogP contribution in [-0.2, 0) is 20.7 Å². The second kappa shape index (κ2) is 8.63. The molecule has 0 radical (unpaired) electrons. The maximum absolute atomic E-state index is 11.9. The number of halogens is 1. The number of hydrogen-bond acceptors (Lipinski definition) is 7. The number of carbonyl (C=O) groups excluding carboxylic acids is 2. The smallest absolute Gasteiger partial charge is 0.306 e. The van der Waals surface area contributed by atoms with Crippen LogP contribution in [0, 0.1) is 6.92 Å². The number of furan rings is 1.